The van der Waals surface area contributed by atoms with Crippen LogP contribution in [0.25, 0.3) is 0 Å². The van der Waals surface area contributed by atoms with E-state index in [1.54, 1.807) is 11.8 Å². The second-order valence-electron chi connectivity index (χ2n) is 4.71. The summed E-state index contributed by atoms with van der Waals surface area (Å²) < 4.78 is 0. The lowest BCUT2D eigenvalue weighted by Crippen LogP contribution is -2.35. The maximum absolute atomic E-state index is 11.5. The molecule has 1 aromatic heterocycles. The molecule has 5 heteroatoms. The zero-order valence-electron chi connectivity index (χ0n) is 12.2. The van der Waals surface area contributed by atoms with Crippen molar-refractivity contribution in [1.29, 1.82) is 0 Å². The van der Waals surface area contributed by atoms with Crippen molar-refractivity contribution in [3.05, 3.63) is 22.9 Å². The normalized spacial score (nSPS) is 12.3. The van der Waals surface area contributed by atoms with E-state index in [-0.39, 0.29) is 0 Å². The molecular formula is C14H22N2O2S. The molecule has 1 rings (SSSR count). The molecule has 1 N–H and O–H groups in total. The van der Waals surface area contributed by atoms with Crippen LogP contribution in [0.15, 0.2) is 6.07 Å². The maximum Gasteiger partial charge on any atom is 0.339 e. The van der Waals surface area contributed by atoms with Crippen LogP contribution in [0.3, 0.4) is 0 Å². The second-order valence-corrected chi connectivity index (χ2v) is 5.62. The Morgan fingerprint density at radius 1 is 1.53 bits per heavy atom. The molecule has 0 amide bonds. The number of hydrogen-bond acceptors (Lipinski definition) is 4. The third kappa shape index (κ3) is 3.62. The number of hydrogen-bond donors (Lipinski definition) is 1. The second kappa shape index (κ2) is 6.80. The SMILES string of the molecule is CCC(CSC)N(C)c1nc(C)cc(C)c1C(=O)O. The number of aromatic nitrogens is 1. The Balaban J connectivity index is 3.27. The minimum absolute atomic E-state index is 0.293. The average Bonchev–Trinajstić information content (AvgIpc) is 2.33. The number of aryl methyl sites for hydroxylation is 2. The van der Waals surface area contributed by atoms with Crippen molar-refractivity contribution in [2.75, 3.05) is 24.0 Å². The molecular weight excluding hydrogens is 260 g/mol. The lowest BCUT2D eigenvalue weighted by Gasteiger charge is -2.29. The van der Waals surface area contributed by atoms with Crippen molar-refractivity contribution in [1.82, 2.24) is 4.98 Å². The fourth-order valence-electron chi connectivity index (χ4n) is 2.21. The Hall–Kier alpha value is -1.23. The van der Waals surface area contributed by atoms with Crippen molar-refractivity contribution in [2.45, 2.75) is 33.2 Å². The number of carbonyl (C=O) groups is 1. The molecule has 1 heterocycles. The summed E-state index contributed by atoms with van der Waals surface area (Å²) in [5.74, 6) is 0.623. The smallest absolute Gasteiger partial charge is 0.339 e. The molecule has 106 valence electrons. The number of pyridine rings is 1. The number of carboxylic acids is 1. The fraction of sp³-hybridized carbons (Fsp3) is 0.571. The molecule has 0 spiro atoms. The number of nitrogens with zero attached hydrogens (tertiary/aromatic N) is 2. The van der Waals surface area contributed by atoms with Gasteiger partial charge in [-0.1, -0.05) is 6.92 Å². The van der Waals surface area contributed by atoms with Crippen LogP contribution in [-0.4, -0.2) is 41.2 Å². The summed E-state index contributed by atoms with van der Waals surface area (Å²) in [4.78, 5) is 17.9. The predicted molar refractivity (Wildman–Crippen MR) is 81.5 cm³/mol. The van der Waals surface area contributed by atoms with Crippen LogP contribution in [0.4, 0.5) is 5.82 Å². The molecule has 0 fully saturated rings. The van der Waals surface area contributed by atoms with Crippen molar-refractivity contribution in [2.24, 2.45) is 0 Å². The monoisotopic (exact) mass is 282 g/mol. The van der Waals surface area contributed by atoms with Gasteiger partial charge in [-0.3, -0.25) is 0 Å². The molecule has 1 atom stereocenters. The number of anilines is 1. The lowest BCUT2D eigenvalue weighted by atomic mass is 10.1. The minimum Gasteiger partial charge on any atom is -0.478 e. The highest BCUT2D eigenvalue weighted by atomic mass is 32.2. The van der Waals surface area contributed by atoms with Crippen LogP contribution in [0.5, 0.6) is 0 Å². The van der Waals surface area contributed by atoms with Crippen molar-refractivity contribution in [3.63, 3.8) is 0 Å². The van der Waals surface area contributed by atoms with E-state index in [1.165, 1.54) is 0 Å². The first-order valence-electron chi connectivity index (χ1n) is 6.35. The molecule has 0 aliphatic carbocycles. The number of thioether (sulfide) groups is 1. The van der Waals surface area contributed by atoms with Crippen LogP contribution in [0.2, 0.25) is 0 Å². The molecule has 4 nitrogen and oxygen atoms in total. The van der Waals surface area contributed by atoms with Crippen LogP contribution in [0.1, 0.15) is 35.0 Å². The Morgan fingerprint density at radius 3 is 2.63 bits per heavy atom. The first kappa shape index (κ1) is 15.8. The summed E-state index contributed by atoms with van der Waals surface area (Å²) in [6, 6.07) is 2.11. The number of carboxylic acid groups (broad SMARTS) is 1. The van der Waals surface area contributed by atoms with Gasteiger partial charge in [-0.05, 0) is 38.2 Å². The molecule has 0 aromatic carbocycles. The van der Waals surface area contributed by atoms with Crippen molar-refractivity contribution in [3.8, 4) is 0 Å². The third-order valence-electron chi connectivity index (χ3n) is 3.25. The van der Waals surface area contributed by atoms with Crippen LogP contribution >= 0.6 is 11.8 Å². The quantitative estimate of drug-likeness (QED) is 0.869. The molecule has 1 aromatic rings. The largest absolute Gasteiger partial charge is 0.478 e. The van der Waals surface area contributed by atoms with Gasteiger partial charge in [0.25, 0.3) is 0 Å². The van der Waals surface area contributed by atoms with Crippen LogP contribution in [-0.2, 0) is 0 Å². The molecule has 0 saturated carbocycles. The highest BCUT2D eigenvalue weighted by Gasteiger charge is 2.22. The number of rotatable bonds is 6. The predicted octanol–water partition coefficient (Wildman–Crippen LogP) is 2.97. The van der Waals surface area contributed by atoms with E-state index in [1.807, 2.05) is 31.9 Å². The zero-order chi connectivity index (χ0) is 14.6. The Bertz CT molecular complexity index is 463. The molecule has 19 heavy (non-hydrogen) atoms. The third-order valence-corrected chi connectivity index (χ3v) is 3.97. The van der Waals surface area contributed by atoms with Gasteiger partial charge in [-0.25, -0.2) is 9.78 Å². The first-order chi connectivity index (χ1) is 8.92. The Labute approximate surface area is 119 Å². The highest BCUT2D eigenvalue weighted by molar-refractivity contribution is 7.98. The summed E-state index contributed by atoms with van der Waals surface area (Å²) in [7, 11) is 1.93. The van der Waals surface area contributed by atoms with E-state index < -0.39 is 5.97 Å². The minimum atomic E-state index is -0.911. The Morgan fingerprint density at radius 2 is 2.16 bits per heavy atom. The van der Waals surface area contributed by atoms with Crippen molar-refractivity contribution >= 4 is 23.5 Å². The van der Waals surface area contributed by atoms with Gasteiger partial charge >= 0.3 is 5.97 Å². The number of aromatic carboxylic acids is 1. The van der Waals surface area contributed by atoms with Gasteiger partial charge in [0.05, 0.1) is 0 Å². The summed E-state index contributed by atoms with van der Waals surface area (Å²) in [6.07, 6.45) is 3.02. The zero-order valence-corrected chi connectivity index (χ0v) is 13.0. The van der Waals surface area contributed by atoms with Crippen LogP contribution in [0, 0.1) is 13.8 Å². The maximum atomic E-state index is 11.5. The van der Waals surface area contributed by atoms with Gasteiger partial charge in [0.1, 0.15) is 11.4 Å². The average molecular weight is 282 g/mol. The van der Waals surface area contributed by atoms with Gasteiger partial charge < -0.3 is 10.0 Å². The van der Waals surface area contributed by atoms with Gasteiger partial charge in [0.2, 0.25) is 0 Å². The van der Waals surface area contributed by atoms with Crippen molar-refractivity contribution < 1.29 is 9.90 Å². The molecule has 0 bridgehead atoms. The van der Waals surface area contributed by atoms with Gasteiger partial charge in [0, 0.05) is 24.5 Å². The van der Waals surface area contributed by atoms with E-state index in [4.69, 9.17) is 0 Å². The Kier molecular flexibility index (Phi) is 5.66. The summed E-state index contributed by atoms with van der Waals surface area (Å²) in [5.41, 5.74) is 1.93. The van der Waals surface area contributed by atoms with E-state index in [0.29, 0.717) is 17.4 Å². The van der Waals surface area contributed by atoms with Gasteiger partial charge in [0.15, 0.2) is 0 Å². The fourth-order valence-corrected chi connectivity index (χ4v) is 3.05. The molecule has 0 aliphatic heterocycles. The topological polar surface area (TPSA) is 53.4 Å². The van der Waals surface area contributed by atoms with E-state index in [9.17, 15) is 9.90 Å². The molecule has 0 saturated heterocycles. The lowest BCUT2D eigenvalue weighted by molar-refractivity contribution is 0.0696. The standard InChI is InChI=1S/C14H22N2O2S/c1-6-11(8-19-5)16(4)13-12(14(17)18)9(2)7-10(3)15-13/h7,11H,6,8H2,1-5H3,(H,17,18). The molecule has 0 aliphatic rings. The van der Waals surface area contributed by atoms with Gasteiger partial charge in [-0.15, -0.1) is 0 Å². The summed E-state index contributed by atoms with van der Waals surface area (Å²) in [6.45, 7) is 5.83. The van der Waals surface area contributed by atoms with Gasteiger partial charge in [-0.2, -0.15) is 11.8 Å². The first-order valence-corrected chi connectivity index (χ1v) is 7.75. The van der Waals surface area contributed by atoms with E-state index in [2.05, 4.69) is 18.2 Å². The summed E-state index contributed by atoms with van der Waals surface area (Å²) in [5, 5.41) is 9.40. The molecule has 1 unspecified atom stereocenters. The van der Waals surface area contributed by atoms with E-state index >= 15 is 0 Å². The highest BCUT2D eigenvalue weighted by Crippen LogP contribution is 2.25. The van der Waals surface area contributed by atoms with E-state index in [0.717, 1.165) is 23.4 Å². The molecule has 0 radical (unpaired) electrons. The summed E-state index contributed by atoms with van der Waals surface area (Å²) >= 11 is 1.76. The van der Waals surface area contributed by atoms with Crippen LogP contribution < -0.4 is 4.90 Å².